The van der Waals surface area contributed by atoms with Gasteiger partial charge in [-0.25, -0.2) is 0 Å². The first-order valence-electron chi connectivity index (χ1n) is 1.99. The molecule has 0 aliphatic carbocycles. The van der Waals surface area contributed by atoms with Gasteiger partial charge in [-0.1, -0.05) is 0 Å². The molecule has 0 bridgehead atoms. The topological polar surface area (TPSA) is 45.7 Å². The van der Waals surface area contributed by atoms with Crippen molar-refractivity contribution < 1.29 is 9.62 Å². The lowest BCUT2D eigenvalue weighted by Crippen LogP contribution is -1.30. The molecule has 3 nitrogen and oxygen atoms in total. The molecule has 0 unspecified atom stereocenters. The Bertz CT molecular complexity index is 96.8. The van der Waals surface area contributed by atoms with Gasteiger partial charge in [0.25, 0.3) is 0 Å². The van der Waals surface area contributed by atoms with Crippen molar-refractivity contribution in [3.8, 4) is 0 Å². The molecule has 0 saturated carbocycles. The molecule has 0 radical (unpaired) electrons. The smallest absolute Gasteiger partial charge is 0.0902 e. The van der Waals surface area contributed by atoms with Gasteiger partial charge in [0.1, 0.15) is 0 Å². The zero-order valence-corrected chi connectivity index (χ0v) is 4.32. The maximum absolute atomic E-state index is 7.08. The average molecular weight is 113 g/mol. The van der Waals surface area contributed by atoms with E-state index < -0.39 is 0 Å². The van der Waals surface area contributed by atoms with Crippen molar-refractivity contribution >= 4 is 6.72 Å². The molecule has 0 atom stereocenters. The monoisotopic (exact) mass is 113 g/mol. The number of oxime groups is 1. The molecule has 1 aromatic rings. The second kappa shape index (κ2) is 5.75. The summed E-state index contributed by atoms with van der Waals surface area (Å²) in [6, 6.07) is 3.67. The Morgan fingerprint density at radius 1 is 1.38 bits per heavy atom. The third-order valence-corrected chi connectivity index (χ3v) is 0.425. The van der Waals surface area contributed by atoms with E-state index in [1.807, 2.05) is 12.1 Å². The zero-order chi connectivity index (χ0) is 6.24. The molecule has 0 fully saturated rings. The lowest BCUT2D eigenvalue weighted by atomic mass is 10.7. The second-order valence-corrected chi connectivity index (χ2v) is 0.935. The Kier molecular flexibility index (Phi) is 4.85. The lowest BCUT2D eigenvalue weighted by molar-refractivity contribution is 0.323. The van der Waals surface area contributed by atoms with Crippen molar-refractivity contribution in [2.45, 2.75) is 0 Å². The predicted octanol–water partition coefficient (Wildman–Crippen LogP) is 1.36. The van der Waals surface area contributed by atoms with Gasteiger partial charge in [-0.2, -0.15) is 0 Å². The summed E-state index contributed by atoms with van der Waals surface area (Å²) in [6.45, 7) is 2.67. The van der Waals surface area contributed by atoms with Crippen LogP contribution in [0.25, 0.3) is 0 Å². The van der Waals surface area contributed by atoms with Crippen LogP contribution in [-0.4, -0.2) is 11.9 Å². The fourth-order valence-electron chi connectivity index (χ4n) is 0.227. The van der Waals surface area contributed by atoms with Crippen LogP contribution in [-0.2, 0) is 0 Å². The lowest BCUT2D eigenvalue weighted by Gasteiger charge is -1.50. The maximum atomic E-state index is 7.08. The summed E-state index contributed by atoms with van der Waals surface area (Å²) in [6.07, 6.45) is 3.25. The Balaban J connectivity index is 0.000000145. The number of furan rings is 1. The van der Waals surface area contributed by atoms with Gasteiger partial charge in [0, 0.05) is 6.72 Å². The molecule has 3 heteroatoms. The first-order valence-corrected chi connectivity index (χ1v) is 1.99. The second-order valence-electron chi connectivity index (χ2n) is 0.935. The van der Waals surface area contributed by atoms with E-state index in [9.17, 15) is 0 Å². The third kappa shape index (κ3) is 4.75. The van der Waals surface area contributed by atoms with E-state index in [1.54, 1.807) is 12.5 Å². The minimum absolute atomic E-state index is 1.62. The van der Waals surface area contributed by atoms with Crippen LogP contribution < -0.4 is 0 Å². The first-order chi connectivity index (χ1) is 3.91. The Labute approximate surface area is 47.2 Å². The molecular weight excluding hydrogens is 106 g/mol. The van der Waals surface area contributed by atoms with E-state index in [4.69, 9.17) is 5.21 Å². The Morgan fingerprint density at radius 3 is 1.88 bits per heavy atom. The average Bonchev–Trinajstić information content (AvgIpc) is 2.17. The molecule has 1 rings (SSSR count). The van der Waals surface area contributed by atoms with Gasteiger partial charge >= 0.3 is 0 Å². The summed E-state index contributed by atoms with van der Waals surface area (Å²) in [5.74, 6) is 0. The summed E-state index contributed by atoms with van der Waals surface area (Å²) in [5.41, 5.74) is 0. The molecule has 8 heavy (non-hydrogen) atoms. The van der Waals surface area contributed by atoms with Crippen LogP contribution in [0.2, 0.25) is 0 Å². The van der Waals surface area contributed by atoms with Crippen LogP contribution >= 0.6 is 0 Å². The van der Waals surface area contributed by atoms with Gasteiger partial charge in [0.2, 0.25) is 0 Å². The van der Waals surface area contributed by atoms with Crippen molar-refractivity contribution in [1.29, 1.82) is 0 Å². The van der Waals surface area contributed by atoms with Crippen molar-refractivity contribution in [2.24, 2.45) is 5.16 Å². The number of rotatable bonds is 0. The molecule has 0 spiro atoms. The normalized spacial score (nSPS) is 6.50. The quantitative estimate of drug-likeness (QED) is 0.313. The predicted molar refractivity (Wildman–Crippen MR) is 30.0 cm³/mol. The zero-order valence-electron chi connectivity index (χ0n) is 4.32. The van der Waals surface area contributed by atoms with Gasteiger partial charge in [0.05, 0.1) is 12.5 Å². The molecular formula is C5H7NO2. The molecule has 1 aromatic heterocycles. The molecule has 1 N–H and O–H groups in total. The van der Waals surface area contributed by atoms with Crippen molar-refractivity contribution in [1.82, 2.24) is 0 Å². The van der Waals surface area contributed by atoms with Crippen LogP contribution in [0.15, 0.2) is 34.2 Å². The van der Waals surface area contributed by atoms with Crippen LogP contribution in [0.1, 0.15) is 0 Å². The van der Waals surface area contributed by atoms with E-state index in [-0.39, 0.29) is 0 Å². The molecule has 0 amide bonds. The third-order valence-electron chi connectivity index (χ3n) is 0.425. The highest BCUT2D eigenvalue weighted by Gasteiger charge is 1.58. The van der Waals surface area contributed by atoms with Gasteiger partial charge in [-0.3, -0.25) is 0 Å². The minimum Gasteiger partial charge on any atom is -0.473 e. The molecule has 44 valence electrons. The van der Waals surface area contributed by atoms with E-state index in [1.165, 1.54) is 0 Å². The van der Waals surface area contributed by atoms with E-state index in [0.29, 0.717) is 0 Å². The highest BCUT2D eigenvalue weighted by atomic mass is 16.4. The Hall–Kier alpha value is -1.25. The first kappa shape index (κ1) is 6.75. The minimum atomic E-state index is 1.62. The van der Waals surface area contributed by atoms with Crippen molar-refractivity contribution in [2.75, 3.05) is 0 Å². The molecule has 0 saturated heterocycles. The molecule has 0 aromatic carbocycles. The summed E-state index contributed by atoms with van der Waals surface area (Å²) in [5, 5.41) is 9.33. The van der Waals surface area contributed by atoms with E-state index >= 15 is 0 Å². The van der Waals surface area contributed by atoms with Gasteiger partial charge in [0.15, 0.2) is 0 Å². The van der Waals surface area contributed by atoms with E-state index in [0.717, 1.165) is 0 Å². The van der Waals surface area contributed by atoms with Gasteiger partial charge in [-0.15, -0.1) is 5.16 Å². The SMILES string of the molecule is C=NO.c1ccoc1. The summed E-state index contributed by atoms with van der Waals surface area (Å²) >= 11 is 0. The molecule has 0 aliphatic rings. The van der Waals surface area contributed by atoms with E-state index in [2.05, 4.69) is 16.3 Å². The van der Waals surface area contributed by atoms with Gasteiger partial charge < -0.3 is 9.62 Å². The highest BCUT2D eigenvalue weighted by Crippen LogP contribution is 1.79. The fourth-order valence-corrected chi connectivity index (χ4v) is 0.227. The van der Waals surface area contributed by atoms with Gasteiger partial charge in [-0.05, 0) is 12.1 Å². The number of hydrogen-bond donors (Lipinski definition) is 1. The van der Waals surface area contributed by atoms with Crippen molar-refractivity contribution in [3.05, 3.63) is 24.7 Å². The maximum Gasteiger partial charge on any atom is 0.0902 e. The number of nitrogens with zero attached hydrogens (tertiary/aromatic N) is 1. The standard InChI is InChI=1S/C4H4O.CH3NO/c1-2-4-5-3-1;1-2-3/h1-4H;3H,1H2. The van der Waals surface area contributed by atoms with Crippen LogP contribution in [0, 0.1) is 0 Å². The Morgan fingerprint density at radius 2 is 1.75 bits per heavy atom. The fraction of sp³-hybridized carbons (Fsp3) is 0. The number of hydrogen-bond acceptors (Lipinski definition) is 3. The summed E-state index contributed by atoms with van der Waals surface area (Å²) in [7, 11) is 0. The van der Waals surface area contributed by atoms with Crippen molar-refractivity contribution in [3.63, 3.8) is 0 Å². The summed E-state index contributed by atoms with van der Waals surface area (Å²) < 4.78 is 4.58. The van der Waals surface area contributed by atoms with Crippen LogP contribution in [0.3, 0.4) is 0 Å². The molecule has 0 aliphatic heterocycles. The van der Waals surface area contributed by atoms with Crippen LogP contribution in [0.4, 0.5) is 0 Å². The van der Waals surface area contributed by atoms with Crippen LogP contribution in [0.5, 0.6) is 0 Å². The summed E-state index contributed by atoms with van der Waals surface area (Å²) in [4.78, 5) is 0. The highest BCUT2D eigenvalue weighted by molar-refractivity contribution is 5.20. The largest absolute Gasteiger partial charge is 0.473 e. The molecule has 1 heterocycles.